The van der Waals surface area contributed by atoms with Crippen molar-refractivity contribution in [3.63, 3.8) is 0 Å². The lowest BCUT2D eigenvalue weighted by atomic mass is 10.1. The third-order valence-corrected chi connectivity index (χ3v) is 5.97. The normalized spacial score (nSPS) is 16.0. The maximum atomic E-state index is 13.1. The van der Waals surface area contributed by atoms with E-state index in [0.29, 0.717) is 30.4 Å². The Morgan fingerprint density at radius 3 is 2.65 bits per heavy atom. The first kappa shape index (κ1) is 19.4. The maximum Gasteiger partial charge on any atom is 0.256 e. The van der Waals surface area contributed by atoms with E-state index in [2.05, 4.69) is 32.2 Å². The Morgan fingerprint density at radius 1 is 1.10 bits per heavy atom. The van der Waals surface area contributed by atoms with Gasteiger partial charge in [-0.1, -0.05) is 47.1 Å². The number of carbonyl (C=O) groups excluding carboxylic acids is 1. The first-order valence-corrected chi connectivity index (χ1v) is 10.5. The molecule has 0 bridgehead atoms. The van der Waals surface area contributed by atoms with Crippen molar-refractivity contribution in [3.8, 4) is 11.4 Å². The number of benzene rings is 2. The minimum atomic E-state index is -0.0139. The average molecular weight is 416 g/mol. The number of carbonyl (C=O) groups is 1. The fourth-order valence-electron chi connectivity index (χ4n) is 4.01. The van der Waals surface area contributed by atoms with Gasteiger partial charge in [-0.3, -0.25) is 14.8 Å². The van der Waals surface area contributed by atoms with Crippen LogP contribution in [0.3, 0.4) is 0 Å². The fourth-order valence-corrected chi connectivity index (χ4v) is 4.01. The molecule has 5 rings (SSSR count). The Bertz CT molecular complexity index is 1200. The van der Waals surface area contributed by atoms with Crippen molar-refractivity contribution in [2.45, 2.75) is 19.9 Å². The molecule has 158 valence electrons. The molecule has 2 aromatic heterocycles. The Kier molecular flexibility index (Phi) is 4.99. The number of para-hydroxylation sites is 1. The van der Waals surface area contributed by atoms with Gasteiger partial charge in [0.2, 0.25) is 11.7 Å². The van der Waals surface area contributed by atoms with Crippen molar-refractivity contribution in [3.05, 3.63) is 65.7 Å². The van der Waals surface area contributed by atoms with Gasteiger partial charge in [-0.15, -0.1) is 0 Å². The molecule has 1 amide bonds. The summed E-state index contributed by atoms with van der Waals surface area (Å²) >= 11 is 0. The summed E-state index contributed by atoms with van der Waals surface area (Å²) in [4.78, 5) is 21.8. The van der Waals surface area contributed by atoms with Crippen LogP contribution in [0.15, 0.2) is 53.2 Å². The molecular weight excluding hydrogens is 392 g/mol. The van der Waals surface area contributed by atoms with Gasteiger partial charge in [0, 0.05) is 37.1 Å². The van der Waals surface area contributed by atoms with E-state index in [9.17, 15) is 4.79 Å². The molecule has 1 aliphatic rings. The number of aromatic amines is 1. The standard InChI is InChI=1S/C23H24N6O2/c1-15-6-8-17(9-7-15)21-25-22(31-27-21)16(2)28-10-12-29(13-11-28)23(30)19-5-3-4-18-14-24-26-20(18)19/h3-9,14,16H,10-13H2,1-2H3,(H,24,26). The SMILES string of the molecule is Cc1ccc(-c2noc(C(C)N3CCN(C(=O)c4cccc5cn[nH]c45)CC3)n2)cc1. The molecule has 31 heavy (non-hydrogen) atoms. The summed E-state index contributed by atoms with van der Waals surface area (Å²) in [6.07, 6.45) is 1.74. The van der Waals surface area contributed by atoms with Gasteiger partial charge in [0.05, 0.1) is 23.3 Å². The molecule has 8 heteroatoms. The van der Waals surface area contributed by atoms with Crippen molar-refractivity contribution >= 4 is 16.8 Å². The van der Waals surface area contributed by atoms with E-state index in [4.69, 9.17) is 4.52 Å². The zero-order valence-corrected chi connectivity index (χ0v) is 17.6. The van der Waals surface area contributed by atoms with Crippen LogP contribution in [0.5, 0.6) is 0 Å². The summed E-state index contributed by atoms with van der Waals surface area (Å²) < 4.78 is 5.55. The van der Waals surface area contributed by atoms with Gasteiger partial charge in [0.25, 0.3) is 5.91 Å². The zero-order chi connectivity index (χ0) is 21.4. The predicted octanol–water partition coefficient (Wildman–Crippen LogP) is 3.44. The predicted molar refractivity (Wildman–Crippen MR) is 116 cm³/mol. The van der Waals surface area contributed by atoms with E-state index in [0.717, 1.165) is 29.6 Å². The smallest absolute Gasteiger partial charge is 0.256 e. The summed E-state index contributed by atoms with van der Waals surface area (Å²) in [7, 11) is 0. The molecule has 4 aromatic rings. The quantitative estimate of drug-likeness (QED) is 0.548. The molecule has 0 spiro atoms. The first-order chi connectivity index (χ1) is 15.1. The summed E-state index contributed by atoms with van der Waals surface area (Å²) in [6.45, 7) is 6.89. The van der Waals surface area contributed by atoms with Crippen LogP contribution in [0, 0.1) is 6.92 Å². The minimum absolute atomic E-state index is 0.0139. The molecule has 1 aliphatic heterocycles. The van der Waals surface area contributed by atoms with E-state index in [1.165, 1.54) is 5.56 Å². The van der Waals surface area contributed by atoms with Crippen molar-refractivity contribution in [2.24, 2.45) is 0 Å². The Labute approximate surface area is 179 Å². The second-order valence-corrected chi connectivity index (χ2v) is 7.97. The van der Waals surface area contributed by atoms with Crippen LogP contribution >= 0.6 is 0 Å². The summed E-state index contributed by atoms with van der Waals surface area (Å²) in [5.41, 5.74) is 3.59. The first-order valence-electron chi connectivity index (χ1n) is 10.5. The van der Waals surface area contributed by atoms with E-state index < -0.39 is 0 Å². The number of aryl methyl sites for hydroxylation is 1. The number of amides is 1. The summed E-state index contributed by atoms with van der Waals surface area (Å²) in [5.74, 6) is 1.22. The molecule has 3 heterocycles. The van der Waals surface area contributed by atoms with Crippen LogP contribution in [-0.4, -0.2) is 62.2 Å². The summed E-state index contributed by atoms with van der Waals surface area (Å²) in [6, 6.07) is 13.8. The lowest BCUT2D eigenvalue weighted by Crippen LogP contribution is -2.49. The Morgan fingerprint density at radius 2 is 1.87 bits per heavy atom. The molecule has 1 N–H and O–H groups in total. The molecule has 0 radical (unpaired) electrons. The number of fused-ring (bicyclic) bond motifs is 1. The number of rotatable bonds is 4. The molecule has 1 unspecified atom stereocenters. The van der Waals surface area contributed by atoms with Gasteiger partial charge >= 0.3 is 0 Å². The number of nitrogens with zero attached hydrogens (tertiary/aromatic N) is 5. The highest BCUT2D eigenvalue weighted by atomic mass is 16.5. The van der Waals surface area contributed by atoms with Gasteiger partial charge in [-0.05, 0) is 19.9 Å². The van der Waals surface area contributed by atoms with Crippen LogP contribution in [0.2, 0.25) is 0 Å². The number of hydrogen-bond donors (Lipinski definition) is 1. The van der Waals surface area contributed by atoms with Crippen LogP contribution in [0.1, 0.15) is 34.8 Å². The zero-order valence-electron chi connectivity index (χ0n) is 17.6. The Balaban J connectivity index is 1.25. The van der Waals surface area contributed by atoms with E-state index in [-0.39, 0.29) is 11.9 Å². The molecule has 1 atom stereocenters. The Hall–Kier alpha value is -3.52. The molecule has 8 nitrogen and oxygen atoms in total. The van der Waals surface area contributed by atoms with Crippen molar-refractivity contribution in [2.75, 3.05) is 26.2 Å². The molecule has 1 saturated heterocycles. The molecule has 0 saturated carbocycles. The number of nitrogens with one attached hydrogen (secondary N) is 1. The second-order valence-electron chi connectivity index (χ2n) is 7.97. The van der Waals surface area contributed by atoms with Crippen molar-refractivity contribution in [1.82, 2.24) is 30.1 Å². The lowest BCUT2D eigenvalue weighted by Gasteiger charge is -2.36. The third-order valence-electron chi connectivity index (χ3n) is 5.97. The van der Waals surface area contributed by atoms with Crippen LogP contribution < -0.4 is 0 Å². The molecular formula is C23H24N6O2. The largest absolute Gasteiger partial charge is 0.337 e. The highest BCUT2D eigenvalue weighted by Crippen LogP contribution is 2.25. The van der Waals surface area contributed by atoms with Crippen molar-refractivity contribution in [1.29, 1.82) is 0 Å². The maximum absolute atomic E-state index is 13.1. The van der Waals surface area contributed by atoms with Crippen molar-refractivity contribution < 1.29 is 9.32 Å². The van der Waals surface area contributed by atoms with Crippen LogP contribution in [0.25, 0.3) is 22.3 Å². The topological polar surface area (TPSA) is 91.2 Å². The average Bonchev–Trinajstić information content (AvgIpc) is 3.48. The highest BCUT2D eigenvalue weighted by molar-refractivity contribution is 6.05. The van der Waals surface area contributed by atoms with E-state index >= 15 is 0 Å². The van der Waals surface area contributed by atoms with E-state index in [1.54, 1.807) is 6.20 Å². The second kappa shape index (κ2) is 7.96. The number of H-pyrrole nitrogens is 1. The monoisotopic (exact) mass is 416 g/mol. The highest BCUT2D eigenvalue weighted by Gasteiger charge is 2.29. The van der Waals surface area contributed by atoms with Gasteiger partial charge in [-0.2, -0.15) is 10.1 Å². The molecule has 1 fully saturated rings. The molecule has 0 aliphatic carbocycles. The summed E-state index contributed by atoms with van der Waals surface area (Å²) in [5, 5.41) is 12.1. The number of hydrogen-bond acceptors (Lipinski definition) is 6. The molecule has 2 aromatic carbocycles. The van der Waals surface area contributed by atoms with Gasteiger partial charge in [0.15, 0.2) is 0 Å². The number of aromatic nitrogens is 4. The van der Waals surface area contributed by atoms with Gasteiger partial charge in [0.1, 0.15) is 0 Å². The third kappa shape index (κ3) is 3.70. The lowest BCUT2D eigenvalue weighted by molar-refractivity contribution is 0.0553. The minimum Gasteiger partial charge on any atom is -0.337 e. The number of piperazine rings is 1. The fraction of sp³-hybridized carbons (Fsp3) is 0.304. The van der Waals surface area contributed by atoms with Crippen LogP contribution in [0.4, 0.5) is 0 Å². The van der Waals surface area contributed by atoms with Crippen LogP contribution in [-0.2, 0) is 0 Å². The van der Waals surface area contributed by atoms with E-state index in [1.807, 2.05) is 54.3 Å². The van der Waals surface area contributed by atoms with Gasteiger partial charge in [-0.25, -0.2) is 0 Å². The van der Waals surface area contributed by atoms with Gasteiger partial charge < -0.3 is 9.42 Å².